The molecule has 178 valence electrons. The number of unbranched alkanes of at least 4 members (excludes halogenated alkanes) is 1. The van der Waals surface area contributed by atoms with Crippen LogP contribution < -0.4 is 5.32 Å². The number of rotatable bonds is 5. The topological polar surface area (TPSA) is 97.5 Å². The van der Waals surface area contributed by atoms with E-state index in [1.807, 2.05) is 23.6 Å². The Hall–Kier alpha value is -2.94. The molecule has 0 bridgehead atoms. The number of urea groups is 1. The quantitative estimate of drug-likeness (QED) is 0.723. The normalized spacial score (nSPS) is 22.3. The van der Waals surface area contributed by atoms with Crippen molar-refractivity contribution in [1.29, 1.82) is 0 Å². The lowest BCUT2D eigenvalue weighted by Crippen LogP contribution is -2.61. The monoisotopic (exact) mass is 453 g/mol. The fourth-order valence-electron chi connectivity index (χ4n) is 4.89. The van der Waals surface area contributed by atoms with Gasteiger partial charge in [-0.3, -0.25) is 19.8 Å². The van der Waals surface area contributed by atoms with Crippen LogP contribution in [0.2, 0.25) is 0 Å². The Kier molecular flexibility index (Phi) is 6.43. The molecule has 3 amide bonds. The summed E-state index contributed by atoms with van der Waals surface area (Å²) < 4.78 is 0. The lowest BCUT2D eigenvalue weighted by molar-refractivity contribution is 0.0345. The van der Waals surface area contributed by atoms with Crippen molar-refractivity contribution in [2.24, 2.45) is 0 Å². The van der Waals surface area contributed by atoms with Crippen LogP contribution in [-0.2, 0) is 12.1 Å². The van der Waals surface area contributed by atoms with Crippen LogP contribution in [0, 0.1) is 0 Å². The van der Waals surface area contributed by atoms with Crippen molar-refractivity contribution in [3.63, 3.8) is 0 Å². The maximum absolute atomic E-state index is 13.7. The first-order chi connectivity index (χ1) is 15.7. The first-order valence-electron chi connectivity index (χ1n) is 11.9. The van der Waals surface area contributed by atoms with Gasteiger partial charge in [-0.2, -0.15) is 5.10 Å². The fraction of sp³-hybridized carbons (Fsp3) is 0.583. The third-order valence-electron chi connectivity index (χ3n) is 6.99. The van der Waals surface area contributed by atoms with Gasteiger partial charge in [-0.1, -0.05) is 19.4 Å². The molecule has 0 radical (unpaired) electrons. The predicted molar refractivity (Wildman–Crippen MR) is 127 cm³/mol. The Labute approximate surface area is 195 Å². The van der Waals surface area contributed by atoms with Gasteiger partial charge in [0, 0.05) is 36.9 Å². The van der Waals surface area contributed by atoms with E-state index in [-0.39, 0.29) is 18.0 Å². The van der Waals surface area contributed by atoms with E-state index in [1.54, 1.807) is 24.4 Å². The number of anilines is 1. The maximum Gasteiger partial charge on any atom is 0.321 e. The molecule has 2 aromatic heterocycles. The van der Waals surface area contributed by atoms with Gasteiger partial charge in [0.05, 0.1) is 17.8 Å². The number of aromatic amines is 1. The van der Waals surface area contributed by atoms with Crippen molar-refractivity contribution in [1.82, 2.24) is 29.9 Å². The summed E-state index contributed by atoms with van der Waals surface area (Å²) in [5.74, 6) is 0.132. The smallest absolute Gasteiger partial charge is 0.319 e. The van der Waals surface area contributed by atoms with Gasteiger partial charge < -0.3 is 15.1 Å². The summed E-state index contributed by atoms with van der Waals surface area (Å²) in [4.78, 5) is 36.8. The molecule has 2 aromatic rings. The summed E-state index contributed by atoms with van der Waals surface area (Å²) >= 11 is 0. The lowest BCUT2D eigenvalue weighted by atomic mass is 10.0. The van der Waals surface area contributed by atoms with Crippen molar-refractivity contribution < 1.29 is 9.59 Å². The number of carbonyl (C=O) groups excluding carboxylic acids is 2. The van der Waals surface area contributed by atoms with E-state index < -0.39 is 5.54 Å². The van der Waals surface area contributed by atoms with Crippen LogP contribution in [0.25, 0.3) is 0 Å². The zero-order valence-electron chi connectivity index (χ0n) is 20.3. The van der Waals surface area contributed by atoms with Gasteiger partial charge in [-0.05, 0) is 52.8 Å². The average molecular weight is 454 g/mol. The van der Waals surface area contributed by atoms with E-state index in [0.29, 0.717) is 30.6 Å². The minimum absolute atomic E-state index is 0.0288. The Balaban J connectivity index is 1.49. The molecule has 0 saturated carbocycles. The van der Waals surface area contributed by atoms with Crippen molar-refractivity contribution >= 4 is 17.8 Å². The first-order valence-corrected chi connectivity index (χ1v) is 11.9. The van der Waals surface area contributed by atoms with Gasteiger partial charge in [0.1, 0.15) is 5.69 Å². The van der Waals surface area contributed by atoms with Crippen molar-refractivity contribution in [3.8, 4) is 0 Å². The number of H-pyrrole nitrogens is 1. The second-order valence-electron chi connectivity index (χ2n) is 9.72. The summed E-state index contributed by atoms with van der Waals surface area (Å²) in [5.41, 5.74) is 1.47. The minimum Gasteiger partial charge on any atom is -0.319 e. The van der Waals surface area contributed by atoms with E-state index in [1.165, 1.54) is 12.8 Å². The highest BCUT2D eigenvalue weighted by Crippen LogP contribution is 2.41. The van der Waals surface area contributed by atoms with Crippen molar-refractivity contribution in [2.75, 3.05) is 25.0 Å². The lowest BCUT2D eigenvalue weighted by Gasteiger charge is -2.46. The van der Waals surface area contributed by atoms with Crippen LogP contribution in [0.4, 0.5) is 10.6 Å². The zero-order valence-corrected chi connectivity index (χ0v) is 20.3. The molecule has 0 spiro atoms. The predicted octanol–water partition coefficient (Wildman–Crippen LogP) is 3.42. The van der Waals surface area contributed by atoms with Gasteiger partial charge in [0.2, 0.25) is 0 Å². The molecular weight excluding hydrogens is 418 g/mol. The number of pyridine rings is 1. The molecule has 1 saturated heterocycles. The van der Waals surface area contributed by atoms with Crippen molar-refractivity contribution in [2.45, 2.75) is 71.6 Å². The van der Waals surface area contributed by atoms with Crippen LogP contribution >= 0.6 is 0 Å². The molecule has 0 aromatic carbocycles. The Morgan fingerprint density at radius 3 is 2.70 bits per heavy atom. The highest BCUT2D eigenvalue weighted by Gasteiger charge is 2.46. The molecule has 2 atom stereocenters. The van der Waals surface area contributed by atoms with Crippen LogP contribution in [0.3, 0.4) is 0 Å². The second kappa shape index (κ2) is 9.13. The van der Waals surface area contributed by atoms with E-state index in [0.717, 1.165) is 24.3 Å². The average Bonchev–Trinajstić information content (AvgIpc) is 3.32. The summed E-state index contributed by atoms with van der Waals surface area (Å²) in [7, 11) is 0. The molecule has 2 aliphatic heterocycles. The number of fused-ring (bicyclic) bond motifs is 1. The third-order valence-corrected chi connectivity index (χ3v) is 6.99. The second-order valence-corrected chi connectivity index (χ2v) is 9.72. The molecule has 4 rings (SSSR count). The summed E-state index contributed by atoms with van der Waals surface area (Å²) in [6.07, 6.45) is 3.93. The number of nitrogens with zero attached hydrogens (tertiary/aromatic N) is 5. The number of hydrogen-bond donors (Lipinski definition) is 2. The fourth-order valence-corrected chi connectivity index (χ4v) is 4.89. The molecule has 9 heteroatoms. The number of amides is 3. The largest absolute Gasteiger partial charge is 0.321 e. The highest BCUT2D eigenvalue weighted by atomic mass is 16.2. The van der Waals surface area contributed by atoms with Crippen LogP contribution in [-0.4, -0.2) is 73.5 Å². The van der Waals surface area contributed by atoms with Crippen LogP contribution in [0.5, 0.6) is 0 Å². The molecule has 4 heterocycles. The molecule has 9 nitrogen and oxygen atoms in total. The SMILES string of the molecule is CCCCN1C[C@H](C)N(C(=O)N2Cc3c(NC(=O)c4ccccn4)n[nH]c3C2(C)C)C[C@H]1C. The number of aromatic nitrogens is 3. The number of hydrogen-bond acceptors (Lipinski definition) is 5. The highest BCUT2D eigenvalue weighted by molar-refractivity contribution is 6.02. The van der Waals surface area contributed by atoms with Crippen LogP contribution in [0.15, 0.2) is 24.4 Å². The van der Waals surface area contributed by atoms with Gasteiger partial charge >= 0.3 is 6.03 Å². The standard InChI is InChI=1S/C24H35N7O2/c1-6-7-12-29-13-17(3)30(14-16(29)2)23(33)31-15-18-20(24(31,4)5)27-28-21(18)26-22(32)19-10-8-9-11-25-19/h8-11,16-17H,6-7,12-15H2,1-5H3,(H2,26,27,28,32)/t16-,17+/m1/s1. The van der Waals surface area contributed by atoms with E-state index in [2.05, 4.69) is 46.2 Å². The number of carbonyl (C=O) groups is 2. The Morgan fingerprint density at radius 1 is 1.21 bits per heavy atom. The molecule has 2 N–H and O–H groups in total. The Bertz CT molecular complexity index is 1000. The van der Waals surface area contributed by atoms with Crippen molar-refractivity contribution in [3.05, 3.63) is 41.3 Å². The van der Waals surface area contributed by atoms with Gasteiger partial charge in [-0.15, -0.1) is 0 Å². The first kappa shape index (κ1) is 23.2. The zero-order chi connectivity index (χ0) is 23.8. The van der Waals surface area contributed by atoms with E-state index in [4.69, 9.17) is 0 Å². The Morgan fingerprint density at radius 2 is 2.00 bits per heavy atom. The van der Waals surface area contributed by atoms with Gasteiger partial charge in [0.25, 0.3) is 5.91 Å². The minimum atomic E-state index is -0.560. The third kappa shape index (κ3) is 4.34. The number of piperazine rings is 1. The molecule has 33 heavy (non-hydrogen) atoms. The maximum atomic E-state index is 13.7. The van der Waals surface area contributed by atoms with Gasteiger partial charge in [0.15, 0.2) is 5.82 Å². The molecule has 0 unspecified atom stereocenters. The molecule has 2 aliphatic rings. The molecular formula is C24H35N7O2. The number of nitrogens with one attached hydrogen (secondary N) is 2. The molecule has 1 fully saturated rings. The summed E-state index contributed by atoms with van der Waals surface area (Å²) in [5, 5.41) is 10.2. The van der Waals surface area contributed by atoms with Crippen LogP contribution in [0.1, 0.15) is 69.2 Å². The summed E-state index contributed by atoms with van der Waals surface area (Å²) in [6.45, 7) is 13.7. The molecule has 0 aliphatic carbocycles. The summed E-state index contributed by atoms with van der Waals surface area (Å²) in [6, 6.07) is 5.69. The van der Waals surface area contributed by atoms with E-state index in [9.17, 15) is 9.59 Å². The van der Waals surface area contributed by atoms with Gasteiger partial charge in [-0.25, -0.2) is 4.79 Å². The van der Waals surface area contributed by atoms with E-state index >= 15 is 0 Å².